The first-order valence-electron chi connectivity index (χ1n) is 5.74. The Morgan fingerprint density at radius 2 is 2.00 bits per heavy atom. The van der Waals surface area contributed by atoms with Gasteiger partial charge in [0, 0.05) is 17.7 Å². The second kappa shape index (κ2) is 3.80. The number of hydrogen-bond donors (Lipinski definition) is 1. The summed E-state index contributed by atoms with van der Waals surface area (Å²) in [7, 11) is 1.63. The average molecular weight is 230 g/mol. The number of nitrogens with zero attached hydrogens (tertiary/aromatic N) is 1. The fourth-order valence-corrected chi connectivity index (χ4v) is 1.94. The number of benzene rings is 1. The van der Waals surface area contributed by atoms with Crippen LogP contribution in [0.4, 0.5) is 0 Å². The van der Waals surface area contributed by atoms with Gasteiger partial charge in [-0.1, -0.05) is 0 Å². The molecule has 0 spiro atoms. The van der Waals surface area contributed by atoms with Gasteiger partial charge in [0.25, 0.3) is 5.56 Å². The molecule has 1 aliphatic rings. The Bertz CT molecular complexity index is 576. The minimum Gasteiger partial charge on any atom is -0.497 e. The molecule has 0 saturated heterocycles. The molecule has 1 aromatic carbocycles. The van der Waals surface area contributed by atoms with Gasteiger partial charge in [-0.05, 0) is 37.1 Å². The number of hydrogen-bond acceptors (Lipinski definition) is 2. The molecule has 1 fully saturated rings. The van der Waals surface area contributed by atoms with E-state index < -0.39 is 0 Å². The van der Waals surface area contributed by atoms with Gasteiger partial charge in [-0.3, -0.25) is 9.89 Å². The van der Waals surface area contributed by atoms with E-state index in [9.17, 15) is 4.79 Å². The summed E-state index contributed by atoms with van der Waals surface area (Å²) in [6, 6.07) is 9.13. The van der Waals surface area contributed by atoms with E-state index in [2.05, 4.69) is 5.10 Å². The lowest BCUT2D eigenvalue weighted by Gasteiger charge is -2.03. The lowest BCUT2D eigenvalue weighted by atomic mass is 10.3. The average Bonchev–Trinajstić information content (AvgIpc) is 3.13. The summed E-state index contributed by atoms with van der Waals surface area (Å²) in [6.45, 7) is 0. The summed E-state index contributed by atoms with van der Waals surface area (Å²) in [5.74, 6) is 1.35. The zero-order chi connectivity index (χ0) is 11.8. The van der Waals surface area contributed by atoms with Crippen LogP contribution in [0.15, 0.2) is 35.1 Å². The molecule has 0 atom stereocenters. The van der Waals surface area contributed by atoms with Crippen LogP contribution >= 0.6 is 0 Å². The molecule has 3 rings (SSSR count). The predicted molar refractivity (Wildman–Crippen MR) is 64.9 cm³/mol. The zero-order valence-electron chi connectivity index (χ0n) is 9.64. The van der Waals surface area contributed by atoms with Gasteiger partial charge in [0.15, 0.2) is 0 Å². The molecule has 1 aromatic heterocycles. The maximum Gasteiger partial charge on any atom is 0.271 e. The molecular formula is C13H14N2O2. The summed E-state index contributed by atoms with van der Waals surface area (Å²) in [5, 5.41) is 3.16. The van der Waals surface area contributed by atoms with E-state index in [1.54, 1.807) is 17.9 Å². The summed E-state index contributed by atoms with van der Waals surface area (Å²) in [4.78, 5) is 11.8. The van der Waals surface area contributed by atoms with Crippen molar-refractivity contribution in [2.24, 2.45) is 0 Å². The monoisotopic (exact) mass is 230 g/mol. The topological polar surface area (TPSA) is 47.0 Å². The van der Waals surface area contributed by atoms with E-state index in [0.717, 1.165) is 17.1 Å². The van der Waals surface area contributed by atoms with Crippen LogP contribution < -0.4 is 10.3 Å². The Hall–Kier alpha value is -1.97. The summed E-state index contributed by atoms with van der Waals surface area (Å²) < 4.78 is 6.67. The predicted octanol–water partition coefficient (Wildman–Crippen LogP) is 2.05. The molecule has 2 aromatic rings. The Labute approximate surface area is 98.8 Å². The highest BCUT2D eigenvalue weighted by molar-refractivity contribution is 5.37. The van der Waals surface area contributed by atoms with Gasteiger partial charge in [0.1, 0.15) is 5.75 Å². The third kappa shape index (κ3) is 1.86. The minimum atomic E-state index is -0.00272. The molecule has 0 unspecified atom stereocenters. The third-order valence-corrected chi connectivity index (χ3v) is 3.09. The fraction of sp³-hybridized carbons (Fsp3) is 0.308. The number of ether oxygens (including phenoxy) is 1. The number of aromatic amines is 1. The van der Waals surface area contributed by atoms with Crippen molar-refractivity contribution in [2.45, 2.75) is 18.8 Å². The van der Waals surface area contributed by atoms with Gasteiger partial charge >= 0.3 is 0 Å². The van der Waals surface area contributed by atoms with E-state index in [-0.39, 0.29) is 5.56 Å². The van der Waals surface area contributed by atoms with Crippen molar-refractivity contribution in [1.82, 2.24) is 9.78 Å². The first-order valence-corrected chi connectivity index (χ1v) is 5.74. The van der Waals surface area contributed by atoms with Gasteiger partial charge in [-0.25, -0.2) is 4.68 Å². The van der Waals surface area contributed by atoms with Gasteiger partial charge in [-0.15, -0.1) is 0 Å². The summed E-state index contributed by atoms with van der Waals surface area (Å²) >= 11 is 0. The maximum absolute atomic E-state index is 11.8. The second-order valence-corrected chi connectivity index (χ2v) is 4.36. The summed E-state index contributed by atoms with van der Waals surface area (Å²) in [5.41, 5.74) is 1.88. The van der Waals surface area contributed by atoms with Crippen LogP contribution in [0, 0.1) is 0 Å². The maximum atomic E-state index is 11.8. The standard InChI is InChI=1S/C13H14N2O2/c1-17-11-6-4-10(5-7-11)15-13(16)8-12(14-15)9-2-3-9/h4-9,14H,2-3H2,1H3. The van der Waals surface area contributed by atoms with Crippen LogP contribution in [0.1, 0.15) is 24.5 Å². The van der Waals surface area contributed by atoms with Crippen molar-refractivity contribution < 1.29 is 4.74 Å². The molecule has 0 aliphatic heterocycles. The molecule has 17 heavy (non-hydrogen) atoms. The van der Waals surface area contributed by atoms with E-state index in [1.165, 1.54) is 12.8 Å². The van der Waals surface area contributed by atoms with Crippen molar-refractivity contribution in [3.05, 3.63) is 46.4 Å². The molecule has 4 heteroatoms. The van der Waals surface area contributed by atoms with Crippen molar-refractivity contribution in [3.63, 3.8) is 0 Å². The zero-order valence-corrected chi connectivity index (χ0v) is 9.64. The van der Waals surface area contributed by atoms with Crippen LogP contribution in [0.25, 0.3) is 5.69 Å². The van der Waals surface area contributed by atoms with Crippen LogP contribution in [-0.2, 0) is 0 Å². The van der Waals surface area contributed by atoms with Gasteiger partial charge in [-0.2, -0.15) is 0 Å². The van der Waals surface area contributed by atoms with Crippen molar-refractivity contribution >= 4 is 0 Å². The van der Waals surface area contributed by atoms with Crippen molar-refractivity contribution in [2.75, 3.05) is 7.11 Å². The molecule has 1 N–H and O–H groups in total. The highest BCUT2D eigenvalue weighted by Gasteiger charge is 2.26. The van der Waals surface area contributed by atoms with Crippen LogP contribution in [0.2, 0.25) is 0 Å². The number of H-pyrrole nitrogens is 1. The lowest BCUT2D eigenvalue weighted by Crippen LogP contribution is -2.13. The number of methoxy groups -OCH3 is 1. The Morgan fingerprint density at radius 3 is 2.59 bits per heavy atom. The molecule has 1 saturated carbocycles. The lowest BCUT2D eigenvalue weighted by molar-refractivity contribution is 0.414. The van der Waals surface area contributed by atoms with E-state index in [4.69, 9.17) is 4.74 Å². The number of aromatic nitrogens is 2. The van der Waals surface area contributed by atoms with Crippen molar-refractivity contribution in [1.29, 1.82) is 0 Å². The Morgan fingerprint density at radius 1 is 1.29 bits per heavy atom. The SMILES string of the molecule is COc1ccc(-n2[nH]c(C3CC3)cc2=O)cc1. The van der Waals surface area contributed by atoms with Crippen LogP contribution in [-0.4, -0.2) is 16.9 Å². The molecule has 1 aliphatic carbocycles. The number of nitrogens with one attached hydrogen (secondary N) is 1. The van der Waals surface area contributed by atoms with E-state index >= 15 is 0 Å². The first kappa shape index (κ1) is 10.2. The first-order chi connectivity index (χ1) is 8.28. The molecular weight excluding hydrogens is 216 g/mol. The molecule has 0 bridgehead atoms. The second-order valence-electron chi connectivity index (χ2n) is 4.36. The molecule has 1 heterocycles. The molecule has 88 valence electrons. The fourth-order valence-electron chi connectivity index (χ4n) is 1.94. The third-order valence-electron chi connectivity index (χ3n) is 3.09. The molecule has 0 amide bonds. The molecule has 4 nitrogen and oxygen atoms in total. The van der Waals surface area contributed by atoms with Crippen molar-refractivity contribution in [3.8, 4) is 11.4 Å². The minimum absolute atomic E-state index is 0.00272. The van der Waals surface area contributed by atoms with Crippen LogP contribution in [0.3, 0.4) is 0 Å². The molecule has 0 radical (unpaired) electrons. The normalized spacial score (nSPS) is 14.9. The Balaban J connectivity index is 1.98. The van der Waals surface area contributed by atoms with Gasteiger partial charge in [0.05, 0.1) is 12.8 Å². The number of rotatable bonds is 3. The highest BCUT2D eigenvalue weighted by atomic mass is 16.5. The van der Waals surface area contributed by atoms with Gasteiger partial charge in [0.2, 0.25) is 0 Å². The van der Waals surface area contributed by atoms with E-state index in [1.807, 2.05) is 24.3 Å². The van der Waals surface area contributed by atoms with Crippen LogP contribution in [0.5, 0.6) is 5.75 Å². The van der Waals surface area contributed by atoms with E-state index in [0.29, 0.717) is 5.92 Å². The smallest absolute Gasteiger partial charge is 0.271 e. The quantitative estimate of drug-likeness (QED) is 0.877. The highest BCUT2D eigenvalue weighted by Crippen LogP contribution is 2.38. The largest absolute Gasteiger partial charge is 0.497 e. The van der Waals surface area contributed by atoms with Gasteiger partial charge < -0.3 is 4.74 Å². The Kier molecular flexibility index (Phi) is 2.28. The summed E-state index contributed by atoms with van der Waals surface area (Å²) in [6.07, 6.45) is 2.37.